The number of halogens is 1. The molecule has 0 bridgehead atoms. The lowest BCUT2D eigenvalue weighted by Gasteiger charge is -2.04. The summed E-state index contributed by atoms with van der Waals surface area (Å²) in [5.74, 6) is -0.355. The van der Waals surface area contributed by atoms with Crippen LogP contribution in [0, 0.1) is 0 Å². The molecule has 86 valence electrons. The predicted octanol–water partition coefficient (Wildman–Crippen LogP) is -0.421. The summed E-state index contributed by atoms with van der Waals surface area (Å²) in [7, 11) is -6.53. The van der Waals surface area contributed by atoms with E-state index < -0.39 is 19.9 Å². The Balaban J connectivity index is 3.98. The van der Waals surface area contributed by atoms with Gasteiger partial charge in [0.15, 0.2) is 9.84 Å². The van der Waals surface area contributed by atoms with Crippen LogP contribution < -0.4 is 4.72 Å². The number of sulfone groups is 1. The minimum Gasteiger partial charge on any atom is -0.229 e. The topological polar surface area (TPSA) is 80.3 Å². The van der Waals surface area contributed by atoms with Crippen molar-refractivity contribution in [3.05, 3.63) is 0 Å². The molecule has 0 aromatic rings. The number of sulfonamides is 1. The molecule has 0 aliphatic carbocycles. The van der Waals surface area contributed by atoms with Crippen molar-refractivity contribution in [3.63, 3.8) is 0 Å². The summed E-state index contributed by atoms with van der Waals surface area (Å²) in [6.07, 6.45) is 0. The molecule has 1 N–H and O–H groups in total. The smallest absolute Gasteiger partial charge is 0.212 e. The third-order valence-corrected chi connectivity index (χ3v) is 5.03. The van der Waals surface area contributed by atoms with E-state index in [0.29, 0.717) is 0 Å². The molecule has 0 radical (unpaired) electrons. The highest BCUT2D eigenvalue weighted by atomic mass is 35.5. The van der Waals surface area contributed by atoms with Crippen LogP contribution in [0.15, 0.2) is 0 Å². The van der Waals surface area contributed by atoms with E-state index >= 15 is 0 Å². The van der Waals surface area contributed by atoms with Gasteiger partial charge < -0.3 is 0 Å². The lowest BCUT2D eigenvalue weighted by atomic mass is 10.8. The molecule has 0 rings (SSSR count). The second kappa shape index (κ2) is 5.89. The molecule has 0 aliphatic heterocycles. The van der Waals surface area contributed by atoms with Crippen molar-refractivity contribution in [2.24, 2.45) is 0 Å². The quantitative estimate of drug-likeness (QED) is 0.633. The van der Waals surface area contributed by atoms with Crippen molar-refractivity contribution in [2.45, 2.75) is 6.92 Å². The summed E-state index contributed by atoms with van der Waals surface area (Å²) >= 11 is 5.24. The van der Waals surface area contributed by atoms with E-state index in [0.717, 1.165) is 0 Å². The van der Waals surface area contributed by atoms with Crippen LogP contribution in [0.3, 0.4) is 0 Å². The van der Waals surface area contributed by atoms with Gasteiger partial charge in [-0.3, -0.25) is 0 Å². The summed E-state index contributed by atoms with van der Waals surface area (Å²) in [5, 5.41) is 0. The van der Waals surface area contributed by atoms with Crippen molar-refractivity contribution in [1.29, 1.82) is 0 Å². The average Bonchev–Trinajstić information content (AvgIpc) is 2.03. The number of hydrogen-bond donors (Lipinski definition) is 1. The van der Waals surface area contributed by atoms with Gasteiger partial charge in [0.2, 0.25) is 10.0 Å². The maximum Gasteiger partial charge on any atom is 0.212 e. The van der Waals surface area contributed by atoms with Gasteiger partial charge in [-0.05, 0) is 0 Å². The Morgan fingerprint density at radius 1 is 1.14 bits per heavy atom. The van der Waals surface area contributed by atoms with Crippen LogP contribution >= 0.6 is 11.6 Å². The highest BCUT2D eigenvalue weighted by Gasteiger charge is 2.11. The Kier molecular flexibility index (Phi) is 5.96. The van der Waals surface area contributed by atoms with Crippen LogP contribution in [0.2, 0.25) is 0 Å². The summed E-state index contributed by atoms with van der Waals surface area (Å²) in [5.41, 5.74) is 0. The third kappa shape index (κ3) is 6.58. The second-order valence-corrected chi connectivity index (χ2v) is 7.42. The molecule has 0 amide bonds. The minimum atomic E-state index is -3.41. The van der Waals surface area contributed by atoms with Gasteiger partial charge in [0.05, 0.1) is 11.5 Å². The largest absolute Gasteiger partial charge is 0.229 e. The Hall–Kier alpha value is 0.150. The van der Waals surface area contributed by atoms with Gasteiger partial charge >= 0.3 is 0 Å². The molecule has 0 aliphatic rings. The molecule has 0 fully saturated rings. The summed E-state index contributed by atoms with van der Waals surface area (Å²) in [6, 6.07) is 0. The van der Waals surface area contributed by atoms with Gasteiger partial charge in [-0.1, -0.05) is 6.92 Å². The zero-order chi connectivity index (χ0) is 11.2. The van der Waals surface area contributed by atoms with Crippen LogP contribution in [0.25, 0.3) is 0 Å². The summed E-state index contributed by atoms with van der Waals surface area (Å²) < 4.78 is 46.2. The van der Waals surface area contributed by atoms with Crippen LogP contribution in [-0.2, 0) is 19.9 Å². The molecule has 0 aromatic heterocycles. The molecule has 0 aromatic carbocycles. The van der Waals surface area contributed by atoms with Crippen LogP contribution in [-0.4, -0.2) is 46.5 Å². The van der Waals surface area contributed by atoms with Gasteiger partial charge in [0.25, 0.3) is 0 Å². The zero-order valence-corrected chi connectivity index (χ0v) is 10.3. The van der Waals surface area contributed by atoms with Crippen molar-refractivity contribution < 1.29 is 16.8 Å². The molecular formula is C6H14ClNO4S2. The van der Waals surface area contributed by atoms with E-state index in [1.165, 1.54) is 6.92 Å². The first-order valence-electron chi connectivity index (χ1n) is 4.06. The standard InChI is InChI=1S/C6H14ClNO4S2/c1-2-13(9,10)6-4-8-14(11,12)5-3-7/h8H,2-6H2,1H3. The van der Waals surface area contributed by atoms with E-state index in [1.807, 2.05) is 0 Å². The van der Waals surface area contributed by atoms with E-state index in [9.17, 15) is 16.8 Å². The van der Waals surface area contributed by atoms with Crippen molar-refractivity contribution in [2.75, 3.05) is 29.7 Å². The van der Waals surface area contributed by atoms with E-state index in [4.69, 9.17) is 11.6 Å². The Bertz CT molecular complexity index is 348. The highest BCUT2D eigenvalue weighted by molar-refractivity contribution is 7.91. The summed E-state index contributed by atoms with van der Waals surface area (Å²) in [6.45, 7) is 1.43. The maximum atomic E-state index is 11.0. The predicted molar refractivity (Wildman–Crippen MR) is 56.8 cm³/mol. The SMILES string of the molecule is CCS(=O)(=O)CCNS(=O)(=O)CCCl. The van der Waals surface area contributed by atoms with Gasteiger partial charge in [-0.2, -0.15) is 0 Å². The minimum absolute atomic E-state index is 0.00411. The molecular weight excluding hydrogens is 250 g/mol. The molecule has 5 nitrogen and oxygen atoms in total. The fourth-order valence-electron chi connectivity index (χ4n) is 0.671. The van der Waals surface area contributed by atoms with Gasteiger partial charge in [-0.25, -0.2) is 21.6 Å². The fraction of sp³-hybridized carbons (Fsp3) is 1.00. The summed E-state index contributed by atoms with van der Waals surface area (Å²) in [4.78, 5) is 0. The van der Waals surface area contributed by atoms with E-state index in [2.05, 4.69) is 4.72 Å². The number of hydrogen-bond acceptors (Lipinski definition) is 4. The van der Waals surface area contributed by atoms with Crippen molar-refractivity contribution in [3.8, 4) is 0 Å². The van der Waals surface area contributed by atoms with E-state index in [1.54, 1.807) is 0 Å². The van der Waals surface area contributed by atoms with Crippen molar-refractivity contribution >= 4 is 31.5 Å². The molecule has 14 heavy (non-hydrogen) atoms. The Morgan fingerprint density at radius 2 is 1.71 bits per heavy atom. The number of rotatable bonds is 7. The fourth-order valence-corrected chi connectivity index (χ4v) is 2.87. The van der Waals surface area contributed by atoms with E-state index in [-0.39, 0.29) is 29.7 Å². The molecule has 0 atom stereocenters. The first-order valence-corrected chi connectivity index (χ1v) is 8.07. The third-order valence-electron chi connectivity index (χ3n) is 1.52. The Labute approximate surface area is 89.8 Å². The molecule has 0 heterocycles. The molecule has 0 spiro atoms. The van der Waals surface area contributed by atoms with Crippen molar-refractivity contribution in [1.82, 2.24) is 4.72 Å². The van der Waals surface area contributed by atoms with Gasteiger partial charge in [0, 0.05) is 18.2 Å². The first-order chi connectivity index (χ1) is 6.33. The van der Waals surface area contributed by atoms with Crippen LogP contribution in [0.1, 0.15) is 6.92 Å². The molecule has 8 heteroatoms. The zero-order valence-electron chi connectivity index (χ0n) is 7.86. The number of nitrogens with one attached hydrogen (secondary N) is 1. The molecule has 0 saturated heterocycles. The average molecular weight is 264 g/mol. The van der Waals surface area contributed by atoms with Crippen LogP contribution in [0.5, 0.6) is 0 Å². The van der Waals surface area contributed by atoms with Gasteiger partial charge in [-0.15, -0.1) is 11.6 Å². The highest BCUT2D eigenvalue weighted by Crippen LogP contribution is 1.90. The maximum absolute atomic E-state index is 11.0. The Morgan fingerprint density at radius 3 is 2.14 bits per heavy atom. The normalized spacial score (nSPS) is 13.0. The van der Waals surface area contributed by atoms with Gasteiger partial charge in [0.1, 0.15) is 0 Å². The van der Waals surface area contributed by atoms with Crippen LogP contribution in [0.4, 0.5) is 0 Å². The number of alkyl halides is 1. The lowest BCUT2D eigenvalue weighted by molar-refractivity contribution is 0.582. The second-order valence-electron chi connectivity index (χ2n) is 2.64. The molecule has 0 unspecified atom stereocenters. The first kappa shape index (κ1) is 14.2. The monoisotopic (exact) mass is 263 g/mol. The lowest BCUT2D eigenvalue weighted by Crippen LogP contribution is -2.31. The molecule has 0 saturated carbocycles.